The summed E-state index contributed by atoms with van der Waals surface area (Å²) in [5.74, 6) is -1.37. The van der Waals surface area contributed by atoms with Crippen molar-refractivity contribution in [2.45, 2.75) is 40.0 Å². The summed E-state index contributed by atoms with van der Waals surface area (Å²) in [6, 6.07) is 0. The van der Waals surface area contributed by atoms with Gasteiger partial charge in [-0.3, -0.25) is 9.59 Å². The molecule has 0 aromatic rings. The number of ketones is 1. The number of carbonyl (C=O) groups is 2. The molecule has 0 saturated carbocycles. The van der Waals surface area contributed by atoms with Gasteiger partial charge >= 0.3 is 5.97 Å². The van der Waals surface area contributed by atoms with Crippen molar-refractivity contribution in [3.8, 4) is 0 Å². The topological polar surface area (TPSA) is 54.4 Å². The first-order chi connectivity index (χ1) is 5.04. The van der Waals surface area contributed by atoms with Crippen LogP contribution in [0.15, 0.2) is 0 Å². The summed E-state index contributed by atoms with van der Waals surface area (Å²) in [4.78, 5) is 19.5. The molecule has 0 atom stereocenters. The molecule has 0 aliphatic rings. The number of carbonyl (C=O) groups excluding carboxylic acids is 1. The van der Waals surface area contributed by atoms with Gasteiger partial charge in [-0.25, -0.2) is 0 Å². The van der Waals surface area contributed by atoms with Crippen molar-refractivity contribution in [1.82, 2.24) is 0 Å². The minimum atomic E-state index is -1.06. The van der Waals surface area contributed by atoms with Crippen LogP contribution in [0.1, 0.15) is 40.0 Å². The molecule has 0 aromatic carbocycles. The molecule has 70 valence electrons. The van der Waals surface area contributed by atoms with Crippen LogP contribution in [0.5, 0.6) is 0 Å². The second-order valence-electron chi connectivity index (χ2n) is 2.27. The van der Waals surface area contributed by atoms with Crippen LogP contribution >= 0.6 is 0 Å². The number of hydrogen-bond donors (Lipinski definition) is 1. The van der Waals surface area contributed by atoms with Crippen molar-refractivity contribution in [3.63, 3.8) is 0 Å². The van der Waals surface area contributed by atoms with E-state index in [-0.39, 0.29) is 33.9 Å². The average molecular weight is 208 g/mol. The summed E-state index contributed by atoms with van der Waals surface area (Å²) < 4.78 is 0. The van der Waals surface area contributed by atoms with Crippen molar-refractivity contribution < 1.29 is 36.4 Å². The molecule has 12 heavy (non-hydrogen) atoms. The molecule has 0 bridgehead atoms. The summed E-state index contributed by atoms with van der Waals surface area (Å²) in [6.07, 6.45) is 2.28. The van der Waals surface area contributed by atoms with Crippen molar-refractivity contribution in [2.75, 3.05) is 0 Å². The fourth-order valence-electron chi connectivity index (χ4n) is 0.213. The first-order valence-electron chi connectivity index (χ1n) is 3.75. The molecule has 3 nitrogen and oxygen atoms in total. The Hall–Kier alpha value is -0.146. The molecule has 0 spiro atoms. The van der Waals surface area contributed by atoms with Crippen LogP contribution in [-0.2, 0) is 31.3 Å². The molecule has 0 unspecified atom stereocenters. The van der Waals surface area contributed by atoms with E-state index in [2.05, 4.69) is 13.8 Å². The Morgan fingerprint density at radius 1 is 1.17 bits per heavy atom. The van der Waals surface area contributed by atoms with Gasteiger partial charge in [0.05, 0.1) is 0 Å². The van der Waals surface area contributed by atoms with Crippen LogP contribution in [0.3, 0.4) is 0 Å². The summed E-state index contributed by atoms with van der Waals surface area (Å²) in [6.45, 7) is 5.61. The summed E-state index contributed by atoms with van der Waals surface area (Å²) in [5, 5.41) is 7.86. The van der Waals surface area contributed by atoms with Crippen LogP contribution in [0.25, 0.3) is 0 Å². The van der Waals surface area contributed by atoms with Gasteiger partial charge in [0, 0.05) is 21.7 Å². The van der Waals surface area contributed by atoms with E-state index in [9.17, 15) is 9.59 Å². The first kappa shape index (κ1) is 17.8. The number of rotatable bonds is 3. The van der Waals surface area contributed by atoms with Gasteiger partial charge in [0.1, 0.15) is 12.2 Å². The Labute approximate surface area is 88.4 Å². The summed E-state index contributed by atoms with van der Waals surface area (Å²) in [7, 11) is 0. The van der Waals surface area contributed by atoms with E-state index in [1.807, 2.05) is 0 Å². The molecule has 0 heterocycles. The van der Waals surface area contributed by atoms with Gasteiger partial charge in [0.2, 0.25) is 0 Å². The van der Waals surface area contributed by atoms with Gasteiger partial charge in [-0.15, -0.1) is 0 Å². The Kier molecular flexibility index (Phi) is 20.0. The monoisotopic (exact) mass is 208 g/mol. The Morgan fingerprint density at radius 3 is 1.50 bits per heavy atom. The van der Waals surface area contributed by atoms with Crippen molar-refractivity contribution in [2.24, 2.45) is 0 Å². The van der Waals surface area contributed by atoms with E-state index in [0.717, 1.165) is 0 Å². The van der Waals surface area contributed by atoms with Crippen LogP contribution < -0.4 is 0 Å². The SMILES string of the molecule is CC(=O)CC(=O)O.CCCC.[Ti]. The minimum Gasteiger partial charge on any atom is -0.481 e. The number of hydrogen-bond acceptors (Lipinski definition) is 2. The molecule has 0 amide bonds. The predicted octanol–water partition coefficient (Wildman–Crippen LogP) is 1.85. The normalized spacial score (nSPS) is 7.25. The van der Waals surface area contributed by atoms with Crippen LogP contribution in [-0.4, -0.2) is 16.9 Å². The Morgan fingerprint density at radius 2 is 1.50 bits per heavy atom. The van der Waals surface area contributed by atoms with Gasteiger partial charge in [-0.05, 0) is 6.92 Å². The molecule has 0 aliphatic carbocycles. The molecule has 1 N–H and O–H groups in total. The van der Waals surface area contributed by atoms with E-state index in [1.165, 1.54) is 19.8 Å². The number of carboxylic acid groups (broad SMARTS) is 1. The second kappa shape index (κ2) is 13.4. The van der Waals surface area contributed by atoms with Crippen LogP contribution in [0, 0.1) is 0 Å². The number of Topliss-reactive ketones (excluding diaryl/α,β-unsaturated/α-hetero) is 1. The van der Waals surface area contributed by atoms with Gasteiger partial charge < -0.3 is 5.11 Å². The van der Waals surface area contributed by atoms with Crippen LogP contribution in [0.4, 0.5) is 0 Å². The maximum Gasteiger partial charge on any atom is 0.310 e. The molecular formula is C8H16O3Ti. The molecular weight excluding hydrogens is 192 g/mol. The van der Waals surface area contributed by atoms with E-state index in [1.54, 1.807) is 0 Å². The second-order valence-corrected chi connectivity index (χ2v) is 2.27. The minimum absolute atomic E-state index is 0. The van der Waals surface area contributed by atoms with Crippen molar-refractivity contribution in [1.29, 1.82) is 0 Å². The molecule has 4 heteroatoms. The van der Waals surface area contributed by atoms with Gasteiger partial charge in [-0.1, -0.05) is 26.7 Å². The molecule has 0 fully saturated rings. The molecule has 0 radical (unpaired) electrons. The van der Waals surface area contributed by atoms with Crippen LogP contribution in [0.2, 0.25) is 0 Å². The summed E-state index contributed by atoms with van der Waals surface area (Å²) >= 11 is 0. The third-order valence-corrected chi connectivity index (χ3v) is 0.900. The third kappa shape index (κ3) is 32.8. The standard InChI is InChI=1S/C4H6O3.C4H10.Ti/c1-3(5)2-4(6)7;1-3-4-2;/h2H2,1H3,(H,6,7);3-4H2,1-2H3;. The molecule has 0 aromatic heterocycles. The Bertz CT molecular complexity index is 109. The third-order valence-electron chi connectivity index (χ3n) is 0.900. The molecule has 0 rings (SSSR count). The number of unbranched alkanes of at least 4 members (excludes halogenated alkanes) is 1. The zero-order valence-electron chi connectivity index (χ0n) is 7.89. The van der Waals surface area contributed by atoms with E-state index in [0.29, 0.717) is 0 Å². The van der Waals surface area contributed by atoms with E-state index >= 15 is 0 Å². The number of carboxylic acids is 1. The first-order valence-corrected chi connectivity index (χ1v) is 3.75. The maximum absolute atomic E-state index is 9.87. The molecule has 0 saturated heterocycles. The largest absolute Gasteiger partial charge is 0.481 e. The fourth-order valence-corrected chi connectivity index (χ4v) is 0.213. The zero-order chi connectivity index (χ0) is 9.28. The average Bonchev–Trinajstić information content (AvgIpc) is 1.85. The zero-order valence-corrected chi connectivity index (χ0v) is 9.45. The number of aliphatic carboxylic acids is 1. The Balaban J connectivity index is -0.000000142. The maximum atomic E-state index is 9.87. The van der Waals surface area contributed by atoms with Gasteiger partial charge in [0.25, 0.3) is 0 Å². The van der Waals surface area contributed by atoms with Gasteiger partial charge in [-0.2, -0.15) is 0 Å². The van der Waals surface area contributed by atoms with E-state index < -0.39 is 5.97 Å². The fraction of sp³-hybridized carbons (Fsp3) is 0.750. The van der Waals surface area contributed by atoms with Crippen molar-refractivity contribution >= 4 is 11.8 Å². The van der Waals surface area contributed by atoms with E-state index in [4.69, 9.17) is 5.11 Å². The van der Waals surface area contributed by atoms with Gasteiger partial charge in [0.15, 0.2) is 0 Å². The quantitative estimate of drug-likeness (QED) is 0.568. The molecule has 0 aliphatic heterocycles. The predicted molar refractivity (Wildman–Crippen MR) is 43.5 cm³/mol. The van der Waals surface area contributed by atoms with Crippen molar-refractivity contribution in [3.05, 3.63) is 0 Å². The summed E-state index contributed by atoms with van der Waals surface area (Å²) in [5.41, 5.74) is 0. The smallest absolute Gasteiger partial charge is 0.310 e.